The van der Waals surface area contributed by atoms with Crippen LogP contribution in [0.1, 0.15) is 5.56 Å². The third-order valence-corrected chi connectivity index (χ3v) is 3.18. The van der Waals surface area contributed by atoms with E-state index in [-0.39, 0.29) is 11.4 Å². The van der Waals surface area contributed by atoms with Crippen molar-refractivity contribution >= 4 is 27.1 Å². The second kappa shape index (κ2) is 2.95. The van der Waals surface area contributed by atoms with E-state index in [2.05, 4.69) is 0 Å². The molecule has 1 N–H and O–H groups in total. The summed E-state index contributed by atoms with van der Waals surface area (Å²) in [7, 11) is 0. The maximum atomic E-state index is 10.7. The van der Waals surface area contributed by atoms with Crippen LogP contribution in [0, 0.1) is 17.0 Å². The van der Waals surface area contributed by atoms with Crippen LogP contribution in [0.4, 0.5) is 5.69 Å². The first-order chi connectivity index (χ1) is 6.61. The van der Waals surface area contributed by atoms with Gasteiger partial charge in [0.1, 0.15) is 5.75 Å². The molecule has 72 valence electrons. The molecule has 1 heterocycles. The molecule has 2 aromatic rings. The average Bonchev–Trinajstić information content (AvgIpc) is 2.50. The lowest BCUT2D eigenvalue weighted by atomic mass is 10.1. The molecule has 0 aliphatic carbocycles. The van der Waals surface area contributed by atoms with Crippen LogP contribution in [0.2, 0.25) is 0 Å². The van der Waals surface area contributed by atoms with Gasteiger partial charge in [-0.1, -0.05) is 0 Å². The van der Waals surface area contributed by atoms with E-state index < -0.39 is 4.92 Å². The molecule has 1 aromatic carbocycles. The Kier molecular flexibility index (Phi) is 1.89. The summed E-state index contributed by atoms with van der Waals surface area (Å²) in [6.45, 7) is 1.80. The van der Waals surface area contributed by atoms with Gasteiger partial charge in [-0.05, 0) is 23.9 Å². The fourth-order valence-corrected chi connectivity index (χ4v) is 2.40. The second-order valence-electron chi connectivity index (χ2n) is 2.98. The van der Waals surface area contributed by atoms with E-state index in [1.807, 2.05) is 0 Å². The van der Waals surface area contributed by atoms with Crippen molar-refractivity contribution in [2.75, 3.05) is 0 Å². The Morgan fingerprint density at radius 1 is 1.50 bits per heavy atom. The largest absolute Gasteiger partial charge is 0.506 e. The van der Waals surface area contributed by atoms with Gasteiger partial charge in [-0.15, -0.1) is 11.3 Å². The molecule has 5 heteroatoms. The van der Waals surface area contributed by atoms with Crippen molar-refractivity contribution in [1.82, 2.24) is 0 Å². The predicted molar refractivity (Wildman–Crippen MR) is 54.9 cm³/mol. The summed E-state index contributed by atoms with van der Waals surface area (Å²) in [5.41, 5.74) is 0.879. The Bertz CT molecular complexity index is 518. The number of fused-ring (bicyclic) bond motifs is 1. The van der Waals surface area contributed by atoms with Crippen molar-refractivity contribution in [2.24, 2.45) is 0 Å². The normalized spacial score (nSPS) is 10.6. The molecule has 2 rings (SSSR count). The van der Waals surface area contributed by atoms with Gasteiger partial charge in [0, 0.05) is 6.07 Å². The van der Waals surface area contributed by atoms with Crippen molar-refractivity contribution in [2.45, 2.75) is 6.92 Å². The number of nitro groups is 1. The number of benzene rings is 1. The number of phenolic OH excluding ortho intramolecular Hbond substituents is 1. The molecule has 0 radical (unpaired) electrons. The SMILES string of the molecule is Cc1csc2c(O)ccc([N+](=O)[O-])c12. The molecule has 0 unspecified atom stereocenters. The Hall–Kier alpha value is -1.62. The molecule has 0 aliphatic rings. The van der Waals surface area contributed by atoms with E-state index in [9.17, 15) is 15.2 Å². The molecule has 0 saturated heterocycles. The number of hydrogen-bond donors (Lipinski definition) is 1. The summed E-state index contributed by atoms with van der Waals surface area (Å²) in [6.07, 6.45) is 0. The third-order valence-electron chi connectivity index (χ3n) is 2.06. The van der Waals surface area contributed by atoms with Crippen molar-refractivity contribution < 1.29 is 10.0 Å². The first-order valence-corrected chi connectivity index (χ1v) is 4.83. The number of nitrogens with zero attached hydrogens (tertiary/aromatic N) is 1. The fourth-order valence-electron chi connectivity index (χ4n) is 1.42. The van der Waals surface area contributed by atoms with E-state index in [4.69, 9.17) is 0 Å². The van der Waals surface area contributed by atoms with E-state index in [1.165, 1.54) is 23.5 Å². The van der Waals surface area contributed by atoms with Crippen LogP contribution in [0.3, 0.4) is 0 Å². The first kappa shape index (κ1) is 8.96. The number of aryl methyl sites for hydroxylation is 1. The number of thiophene rings is 1. The quantitative estimate of drug-likeness (QED) is 0.580. The topological polar surface area (TPSA) is 63.4 Å². The molecule has 0 atom stereocenters. The molecular formula is C9H7NO3S. The third kappa shape index (κ3) is 1.13. The lowest BCUT2D eigenvalue weighted by Crippen LogP contribution is -1.88. The summed E-state index contributed by atoms with van der Waals surface area (Å²) in [4.78, 5) is 10.3. The molecule has 14 heavy (non-hydrogen) atoms. The monoisotopic (exact) mass is 209 g/mol. The van der Waals surface area contributed by atoms with Gasteiger partial charge in [0.05, 0.1) is 15.0 Å². The number of aromatic hydroxyl groups is 1. The number of non-ortho nitro benzene ring substituents is 1. The van der Waals surface area contributed by atoms with Gasteiger partial charge < -0.3 is 5.11 Å². The zero-order chi connectivity index (χ0) is 10.3. The standard InChI is InChI=1S/C9H7NO3S/c1-5-4-14-9-7(11)3-2-6(8(5)9)10(12)13/h2-4,11H,1H3. The minimum Gasteiger partial charge on any atom is -0.506 e. The van der Waals surface area contributed by atoms with Crippen LogP contribution in [0.5, 0.6) is 5.75 Å². The zero-order valence-electron chi connectivity index (χ0n) is 7.35. The van der Waals surface area contributed by atoms with Crippen LogP contribution >= 0.6 is 11.3 Å². The van der Waals surface area contributed by atoms with Crippen LogP contribution in [0.15, 0.2) is 17.5 Å². The molecule has 4 nitrogen and oxygen atoms in total. The van der Waals surface area contributed by atoms with Crippen LogP contribution < -0.4 is 0 Å². The minimum absolute atomic E-state index is 0.0524. The maximum absolute atomic E-state index is 10.7. The van der Waals surface area contributed by atoms with E-state index in [0.717, 1.165) is 5.56 Å². The molecule has 0 aliphatic heterocycles. The smallest absolute Gasteiger partial charge is 0.278 e. The van der Waals surface area contributed by atoms with Gasteiger partial charge in [-0.25, -0.2) is 0 Å². The molecular weight excluding hydrogens is 202 g/mol. The highest BCUT2D eigenvalue weighted by Gasteiger charge is 2.17. The predicted octanol–water partition coefficient (Wildman–Crippen LogP) is 2.82. The first-order valence-electron chi connectivity index (χ1n) is 3.95. The van der Waals surface area contributed by atoms with Crippen molar-refractivity contribution in [3.05, 3.63) is 33.2 Å². The summed E-state index contributed by atoms with van der Waals surface area (Å²) in [5, 5.41) is 22.5. The highest BCUT2D eigenvalue weighted by molar-refractivity contribution is 7.17. The van der Waals surface area contributed by atoms with Crippen molar-refractivity contribution in [1.29, 1.82) is 0 Å². The molecule has 0 saturated carbocycles. The van der Waals surface area contributed by atoms with Gasteiger partial charge in [0.15, 0.2) is 0 Å². The fraction of sp³-hybridized carbons (Fsp3) is 0.111. The van der Waals surface area contributed by atoms with Gasteiger partial charge in [0.2, 0.25) is 0 Å². The van der Waals surface area contributed by atoms with Crippen LogP contribution in [-0.2, 0) is 0 Å². The Labute approximate surface area is 83.6 Å². The number of hydrogen-bond acceptors (Lipinski definition) is 4. The molecule has 1 aromatic heterocycles. The van der Waals surface area contributed by atoms with E-state index in [1.54, 1.807) is 12.3 Å². The number of nitro benzene ring substituents is 1. The highest BCUT2D eigenvalue weighted by atomic mass is 32.1. The maximum Gasteiger partial charge on any atom is 0.278 e. The lowest BCUT2D eigenvalue weighted by molar-refractivity contribution is -0.383. The number of phenols is 1. The van der Waals surface area contributed by atoms with E-state index >= 15 is 0 Å². The summed E-state index contributed by atoms with van der Waals surface area (Å²) in [6, 6.07) is 2.69. The highest BCUT2D eigenvalue weighted by Crippen LogP contribution is 2.38. The van der Waals surface area contributed by atoms with Crippen LogP contribution in [-0.4, -0.2) is 10.0 Å². The van der Waals surface area contributed by atoms with Crippen molar-refractivity contribution in [3.63, 3.8) is 0 Å². The van der Waals surface area contributed by atoms with Gasteiger partial charge in [-0.3, -0.25) is 10.1 Å². The zero-order valence-corrected chi connectivity index (χ0v) is 8.17. The Morgan fingerprint density at radius 3 is 2.86 bits per heavy atom. The Balaban J connectivity index is 2.92. The average molecular weight is 209 g/mol. The van der Waals surface area contributed by atoms with Gasteiger partial charge in [0.25, 0.3) is 5.69 Å². The summed E-state index contributed by atoms with van der Waals surface area (Å²) in [5.74, 6) is 0.101. The molecule has 0 bridgehead atoms. The van der Waals surface area contributed by atoms with Gasteiger partial charge in [-0.2, -0.15) is 0 Å². The second-order valence-corrected chi connectivity index (χ2v) is 3.86. The minimum atomic E-state index is -0.429. The number of rotatable bonds is 1. The van der Waals surface area contributed by atoms with E-state index in [0.29, 0.717) is 10.1 Å². The molecule has 0 spiro atoms. The Morgan fingerprint density at radius 2 is 2.21 bits per heavy atom. The molecule has 0 fully saturated rings. The van der Waals surface area contributed by atoms with Crippen molar-refractivity contribution in [3.8, 4) is 5.75 Å². The summed E-state index contributed by atoms with van der Waals surface area (Å²) < 4.78 is 0.580. The summed E-state index contributed by atoms with van der Waals surface area (Å²) >= 11 is 1.32. The lowest BCUT2D eigenvalue weighted by Gasteiger charge is -1.97. The van der Waals surface area contributed by atoms with Crippen LogP contribution in [0.25, 0.3) is 10.1 Å². The van der Waals surface area contributed by atoms with Gasteiger partial charge >= 0.3 is 0 Å². The molecule has 0 amide bonds.